The first kappa shape index (κ1) is 8.50. The molecule has 0 saturated carbocycles. The van der Waals surface area contributed by atoms with Crippen LogP contribution in [0.15, 0.2) is 6.20 Å². The molecule has 0 spiro atoms. The van der Waals surface area contributed by atoms with Gasteiger partial charge in [-0.05, 0) is 6.92 Å². The van der Waals surface area contributed by atoms with Gasteiger partial charge in [0.2, 0.25) is 0 Å². The number of hydrogen-bond donors (Lipinski definition) is 1. The highest BCUT2D eigenvalue weighted by molar-refractivity contribution is 6.31. The molecule has 1 aromatic heterocycles. The normalized spacial score (nSPS) is 8.00. The third-order valence-corrected chi connectivity index (χ3v) is 1.15. The van der Waals surface area contributed by atoms with Gasteiger partial charge in [-0.2, -0.15) is 5.10 Å². The third kappa shape index (κ3) is 2.51. The molecule has 2 nitrogen and oxygen atoms in total. The van der Waals surface area contributed by atoms with E-state index in [1.165, 1.54) is 0 Å². The predicted octanol–water partition coefficient (Wildman–Crippen LogP) is 2.40. The average Bonchev–Trinajstić information content (AvgIpc) is 2.23. The van der Waals surface area contributed by atoms with E-state index in [0.29, 0.717) is 5.02 Å². The van der Waals surface area contributed by atoms with Crippen molar-refractivity contribution >= 4 is 11.6 Å². The summed E-state index contributed by atoms with van der Waals surface area (Å²) in [6.45, 7) is 5.87. The molecule has 0 unspecified atom stereocenters. The van der Waals surface area contributed by atoms with Crippen LogP contribution in [0.3, 0.4) is 0 Å². The van der Waals surface area contributed by atoms with E-state index in [1.807, 2.05) is 20.8 Å². The molecule has 0 amide bonds. The van der Waals surface area contributed by atoms with E-state index < -0.39 is 0 Å². The Hall–Kier alpha value is -0.500. The Kier molecular flexibility index (Phi) is 4.14. The molecule has 1 rings (SSSR count). The number of nitrogens with one attached hydrogen (secondary N) is 1. The van der Waals surface area contributed by atoms with Crippen molar-refractivity contribution in [3.63, 3.8) is 0 Å². The highest BCUT2D eigenvalue weighted by Gasteiger charge is 1.90. The molecule has 0 aliphatic heterocycles. The van der Waals surface area contributed by atoms with Gasteiger partial charge in [0.25, 0.3) is 0 Å². The van der Waals surface area contributed by atoms with Gasteiger partial charge in [-0.3, -0.25) is 5.10 Å². The minimum Gasteiger partial charge on any atom is -0.281 e. The van der Waals surface area contributed by atoms with E-state index in [-0.39, 0.29) is 0 Å². The van der Waals surface area contributed by atoms with Crippen LogP contribution in [0.5, 0.6) is 0 Å². The van der Waals surface area contributed by atoms with Crippen molar-refractivity contribution in [1.29, 1.82) is 0 Å². The van der Waals surface area contributed by atoms with E-state index in [4.69, 9.17) is 11.6 Å². The van der Waals surface area contributed by atoms with Crippen LogP contribution in [-0.4, -0.2) is 10.2 Å². The molecule has 52 valence electrons. The van der Waals surface area contributed by atoms with Gasteiger partial charge in [-0.25, -0.2) is 0 Å². The smallest absolute Gasteiger partial charge is 0.0812 e. The summed E-state index contributed by atoms with van der Waals surface area (Å²) in [5.41, 5.74) is 0.918. The quantitative estimate of drug-likeness (QED) is 0.598. The first-order valence-electron chi connectivity index (χ1n) is 2.96. The van der Waals surface area contributed by atoms with Gasteiger partial charge < -0.3 is 0 Å². The molecule has 1 heterocycles. The zero-order valence-electron chi connectivity index (χ0n) is 5.90. The van der Waals surface area contributed by atoms with E-state index in [0.717, 1.165) is 5.69 Å². The fourth-order valence-corrected chi connectivity index (χ4v) is 0.427. The van der Waals surface area contributed by atoms with Crippen LogP contribution in [0.25, 0.3) is 0 Å². The number of H-pyrrole nitrogens is 1. The monoisotopic (exact) mass is 146 g/mol. The number of aromatic amines is 1. The Balaban J connectivity index is 0.000000291. The molecule has 0 radical (unpaired) electrons. The molecular weight excluding hydrogens is 136 g/mol. The summed E-state index contributed by atoms with van der Waals surface area (Å²) < 4.78 is 0. The van der Waals surface area contributed by atoms with Gasteiger partial charge in [-0.15, -0.1) is 0 Å². The lowest BCUT2D eigenvalue weighted by Crippen LogP contribution is -1.67. The van der Waals surface area contributed by atoms with Crippen molar-refractivity contribution in [1.82, 2.24) is 10.2 Å². The van der Waals surface area contributed by atoms with Gasteiger partial charge in [0, 0.05) is 0 Å². The number of rotatable bonds is 0. The van der Waals surface area contributed by atoms with E-state index in [2.05, 4.69) is 10.2 Å². The summed E-state index contributed by atoms with van der Waals surface area (Å²) >= 11 is 5.53. The lowest BCUT2D eigenvalue weighted by molar-refractivity contribution is 1.05. The number of aromatic nitrogens is 2. The van der Waals surface area contributed by atoms with Gasteiger partial charge in [0.05, 0.1) is 16.9 Å². The van der Waals surface area contributed by atoms with Crippen LogP contribution in [0.1, 0.15) is 19.5 Å². The standard InChI is InChI=1S/C4H5ClN2.C2H6/c1-3-4(5)2-6-7-3;1-2/h2H,1H3,(H,6,7);1-2H3. The second kappa shape index (κ2) is 4.39. The molecular formula is C6H11ClN2. The van der Waals surface area contributed by atoms with Crippen LogP contribution in [0.2, 0.25) is 5.02 Å². The number of hydrogen-bond acceptors (Lipinski definition) is 1. The van der Waals surface area contributed by atoms with E-state index >= 15 is 0 Å². The molecule has 0 fully saturated rings. The Labute approximate surface area is 60.2 Å². The summed E-state index contributed by atoms with van der Waals surface area (Å²) in [4.78, 5) is 0. The van der Waals surface area contributed by atoms with Crippen molar-refractivity contribution in [2.75, 3.05) is 0 Å². The Morgan fingerprint density at radius 1 is 1.56 bits per heavy atom. The largest absolute Gasteiger partial charge is 0.281 e. The van der Waals surface area contributed by atoms with Gasteiger partial charge >= 0.3 is 0 Å². The lowest BCUT2D eigenvalue weighted by atomic mass is 10.5. The Bertz CT molecular complexity index is 143. The van der Waals surface area contributed by atoms with Crippen molar-refractivity contribution in [2.24, 2.45) is 0 Å². The summed E-state index contributed by atoms with van der Waals surface area (Å²) in [6.07, 6.45) is 1.58. The maximum atomic E-state index is 5.53. The van der Waals surface area contributed by atoms with Crippen LogP contribution in [-0.2, 0) is 0 Å². The fraction of sp³-hybridized carbons (Fsp3) is 0.500. The lowest BCUT2D eigenvalue weighted by Gasteiger charge is -1.76. The third-order valence-electron chi connectivity index (χ3n) is 0.768. The molecule has 0 aliphatic rings. The van der Waals surface area contributed by atoms with Gasteiger partial charge in [-0.1, -0.05) is 25.4 Å². The zero-order valence-corrected chi connectivity index (χ0v) is 6.66. The SMILES string of the molecule is CC.Cc1[nH]ncc1Cl. The summed E-state index contributed by atoms with van der Waals surface area (Å²) in [5.74, 6) is 0. The maximum absolute atomic E-state index is 5.53. The summed E-state index contributed by atoms with van der Waals surface area (Å²) in [7, 11) is 0. The minimum atomic E-state index is 0.694. The number of aryl methyl sites for hydroxylation is 1. The van der Waals surface area contributed by atoms with E-state index in [9.17, 15) is 0 Å². The maximum Gasteiger partial charge on any atom is 0.0812 e. The molecule has 0 atom stereocenters. The van der Waals surface area contributed by atoms with Crippen molar-refractivity contribution in [2.45, 2.75) is 20.8 Å². The zero-order chi connectivity index (χ0) is 7.28. The summed E-state index contributed by atoms with van der Waals surface area (Å²) in [6, 6.07) is 0. The average molecular weight is 147 g/mol. The van der Waals surface area contributed by atoms with Crippen molar-refractivity contribution in [3.05, 3.63) is 16.9 Å². The van der Waals surface area contributed by atoms with Crippen LogP contribution >= 0.6 is 11.6 Å². The molecule has 0 bridgehead atoms. The Morgan fingerprint density at radius 3 is 2.22 bits per heavy atom. The van der Waals surface area contributed by atoms with Gasteiger partial charge in [0.1, 0.15) is 0 Å². The topological polar surface area (TPSA) is 28.7 Å². The Morgan fingerprint density at radius 2 is 2.11 bits per heavy atom. The molecule has 3 heteroatoms. The molecule has 0 saturated heterocycles. The van der Waals surface area contributed by atoms with Crippen LogP contribution in [0.4, 0.5) is 0 Å². The van der Waals surface area contributed by atoms with Crippen LogP contribution in [0, 0.1) is 6.92 Å². The first-order valence-corrected chi connectivity index (χ1v) is 3.34. The molecule has 1 aromatic rings. The second-order valence-electron chi connectivity index (χ2n) is 1.34. The second-order valence-corrected chi connectivity index (χ2v) is 1.75. The van der Waals surface area contributed by atoms with Crippen LogP contribution < -0.4 is 0 Å². The predicted molar refractivity (Wildman–Crippen MR) is 39.7 cm³/mol. The highest BCUT2D eigenvalue weighted by atomic mass is 35.5. The van der Waals surface area contributed by atoms with Crippen molar-refractivity contribution < 1.29 is 0 Å². The van der Waals surface area contributed by atoms with Crippen molar-refractivity contribution in [3.8, 4) is 0 Å². The van der Waals surface area contributed by atoms with Gasteiger partial charge in [0.15, 0.2) is 0 Å². The molecule has 0 aliphatic carbocycles. The molecule has 9 heavy (non-hydrogen) atoms. The van der Waals surface area contributed by atoms with E-state index in [1.54, 1.807) is 6.20 Å². The highest BCUT2D eigenvalue weighted by Crippen LogP contribution is 2.07. The first-order chi connectivity index (χ1) is 4.30. The molecule has 1 N–H and O–H groups in total. The molecule has 0 aromatic carbocycles. The minimum absolute atomic E-state index is 0.694. The fourth-order valence-electron chi connectivity index (χ4n) is 0.336. The summed E-state index contributed by atoms with van der Waals surface area (Å²) in [5, 5.41) is 7.05. The number of nitrogens with zero attached hydrogens (tertiary/aromatic N) is 1. The number of halogens is 1.